The Bertz CT molecular complexity index is 907. The summed E-state index contributed by atoms with van der Waals surface area (Å²) in [6.07, 6.45) is 1.74. The first kappa shape index (κ1) is 17.5. The van der Waals surface area contributed by atoms with E-state index in [9.17, 15) is 4.79 Å². The van der Waals surface area contributed by atoms with Gasteiger partial charge in [-0.05, 0) is 31.2 Å². The molecule has 0 fully saturated rings. The molecule has 26 heavy (non-hydrogen) atoms. The summed E-state index contributed by atoms with van der Waals surface area (Å²) in [6.45, 7) is 1.76. The van der Waals surface area contributed by atoms with Gasteiger partial charge in [-0.3, -0.25) is 4.79 Å². The molecule has 0 saturated heterocycles. The number of anilines is 1. The number of rotatable bonds is 6. The van der Waals surface area contributed by atoms with Crippen LogP contribution < -0.4 is 14.8 Å². The van der Waals surface area contributed by atoms with Crippen LogP contribution in [0.25, 0.3) is 11.3 Å². The van der Waals surface area contributed by atoms with Crippen molar-refractivity contribution in [2.24, 2.45) is 0 Å². The Balaban J connectivity index is 1.76. The van der Waals surface area contributed by atoms with Crippen molar-refractivity contribution in [3.63, 3.8) is 0 Å². The molecular formula is C19H20N4O3. The van der Waals surface area contributed by atoms with Crippen LogP contribution in [0.4, 0.5) is 5.69 Å². The molecular weight excluding hydrogens is 332 g/mol. The van der Waals surface area contributed by atoms with Crippen LogP contribution in [0.1, 0.15) is 13.0 Å². The zero-order valence-electron chi connectivity index (χ0n) is 14.8. The van der Waals surface area contributed by atoms with Gasteiger partial charge in [0.15, 0.2) is 0 Å². The van der Waals surface area contributed by atoms with Gasteiger partial charge in [0.05, 0.1) is 26.1 Å². The molecule has 1 amide bonds. The third kappa shape index (κ3) is 3.66. The lowest BCUT2D eigenvalue weighted by molar-refractivity contribution is -0.119. The van der Waals surface area contributed by atoms with E-state index in [0.717, 1.165) is 11.3 Å². The molecule has 1 unspecified atom stereocenters. The fraction of sp³-hybridized carbons (Fsp3) is 0.211. The number of aromatic nitrogens is 3. The van der Waals surface area contributed by atoms with Crippen molar-refractivity contribution < 1.29 is 14.3 Å². The predicted molar refractivity (Wildman–Crippen MR) is 98.3 cm³/mol. The van der Waals surface area contributed by atoms with Crippen molar-refractivity contribution in [1.29, 1.82) is 0 Å². The van der Waals surface area contributed by atoms with Gasteiger partial charge in [-0.2, -0.15) is 0 Å². The Hall–Kier alpha value is -3.35. The maximum absolute atomic E-state index is 12.6. The van der Waals surface area contributed by atoms with Gasteiger partial charge in [-0.1, -0.05) is 29.5 Å². The highest BCUT2D eigenvalue weighted by Gasteiger charge is 2.18. The number of carbonyl (C=O) groups is 1. The minimum Gasteiger partial charge on any atom is -0.497 e. The van der Waals surface area contributed by atoms with E-state index in [0.29, 0.717) is 17.1 Å². The summed E-state index contributed by atoms with van der Waals surface area (Å²) in [6, 6.07) is 14.2. The van der Waals surface area contributed by atoms with Crippen LogP contribution in [0.3, 0.4) is 0 Å². The molecule has 1 N–H and O–H groups in total. The molecule has 1 heterocycles. The molecule has 7 heteroatoms. The van der Waals surface area contributed by atoms with E-state index >= 15 is 0 Å². The fourth-order valence-electron chi connectivity index (χ4n) is 2.49. The number of nitrogens with zero attached hydrogens (tertiary/aromatic N) is 3. The number of para-hydroxylation sites is 2. The zero-order chi connectivity index (χ0) is 18.5. The first-order valence-corrected chi connectivity index (χ1v) is 8.12. The number of ether oxygens (including phenoxy) is 2. The number of amides is 1. The minimum absolute atomic E-state index is 0.211. The summed E-state index contributed by atoms with van der Waals surface area (Å²) in [5.41, 5.74) is 2.15. The van der Waals surface area contributed by atoms with E-state index in [2.05, 4.69) is 15.6 Å². The normalized spacial score (nSPS) is 11.7. The molecule has 1 atom stereocenters. The van der Waals surface area contributed by atoms with Crippen LogP contribution in [0.15, 0.2) is 54.7 Å². The summed E-state index contributed by atoms with van der Waals surface area (Å²) >= 11 is 0. The quantitative estimate of drug-likeness (QED) is 0.737. The van der Waals surface area contributed by atoms with Gasteiger partial charge >= 0.3 is 0 Å². The van der Waals surface area contributed by atoms with E-state index in [1.165, 1.54) is 4.68 Å². The maximum Gasteiger partial charge on any atom is 0.249 e. The average Bonchev–Trinajstić information content (AvgIpc) is 3.18. The monoisotopic (exact) mass is 352 g/mol. The lowest BCUT2D eigenvalue weighted by atomic mass is 10.1. The molecule has 2 aromatic carbocycles. The van der Waals surface area contributed by atoms with Crippen LogP contribution >= 0.6 is 0 Å². The Labute approximate surface area is 151 Å². The maximum atomic E-state index is 12.6. The summed E-state index contributed by atoms with van der Waals surface area (Å²) < 4.78 is 12.0. The van der Waals surface area contributed by atoms with Crippen LogP contribution in [0.5, 0.6) is 11.5 Å². The third-order valence-corrected chi connectivity index (χ3v) is 4.02. The molecule has 0 bridgehead atoms. The highest BCUT2D eigenvalue weighted by Crippen LogP contribution is 2.25. The van der Waals surface area contributed by atoms with Crippen LogP contribution in [-0.4, -0.2) is 35.1 Å². The number of methoxy groups -OCH3 is 2. The van der Waals surface area contributed by atoms with Crippen molar-refractivity contribution >= 4 is 11.6 Å². The average molecular weight is 352 g/mol. The molecule has 0 aliphatic heterocycles. The third-order valence-electron chi connectivity index (χ3n) is 4.02. The second-order valence-corrected chi connectivity index (χ2v) is 5.68. The van der Waals surface area contributed by atoms with Crippen molar-refractivity contribution in [3.8, 4) is 22.8 Å². The van der Waals surface area contributed by atoms with Crippen LogP contribution in [-0.2, 0) is 4.79 Å². The second-order valence-electron chi connectivity index (χ2n) is 5.68. The molecule has 7 nitrogen and oxygen atoms in total. The standard InChI is InChI=1S/C19H20N4O3/c1-13(19(24)20-16-9-4-5-10-18(16)26-3)23-12-17(21-22-23)14-7-6-8-15(11-14)25-2/h4-13H,1-3H3,(H,20,24). The zero-order valence-corrected chi connectivity index (χ0v) is 14.8. The molecule has 0 radical (unpaired) electrons. The van der Waals surface area contributed by atoms with E-state index in [-0.39, 0.29) is 5.91 Å². The van der Waals surface area contributed by atoms with Gasteiger partial charge in [0.25, 0.3) is 0 Å². The Morgan fingerprint density at radius 3 is 2.69 bits per heavy atom. The van der Waals surface area contributed by atoms with Crippen molar-refractivity contribution in [2.45, 2.75) is 13.0 Å². The largest absolute Gasteiger partial charge is 0.497 e. The Morgan fingerprint density at radius 1 is 1.12 bits per heavy atom. The SMILES string of the molecule is COc1cccc(-c2cn(C(C)C(=O)Nc3ccccc3OC)nn2)c1. The molecule has 0 saturated carbocycles. The van der Waals surface area contributed by atoms with Crippen molar-refractivity contribution in [1.82, 2.24) is 15.0 Å². The molecule has 0 aliphatic rings. The first-order chi connectivity index (χ1) is 12.6. The summed E-state index contributed by atoms with van der Waals surface area (Å²) in [7, 11) is 3.17. The van der Waals surface area contributed by atoms with E-state index in [1.54, 1.807) is 39.5 Å². The van der Waals surface area contributed by atoms with E-state index in [4.69, 9.17) is 9.47 Å². The second kappa shape index (κ2) is 7.69. The fourth-order valence-corrected chi connectivity index (χ4v) is 2.49. The topological polar surface area (TPSA) is 78.3 Å². The molecule has 0 aliphatic carbocycles. The number of benzene rings is 2. The summed E-state index contributed by atoms with van der Waals surface area (Å²) in [5, 5.41) is 11.1. The van der Waals surface area contributed by atoms with E-state index < -0.39 is 6.04 Å². The highest BCUT2D eigenvalue weighted by molar-refractivity contribution is 5.94. The Kier molecular flexibility index (Phi) is 5.17. The molecule has 3 aromatic rings. The van der Waals surface area contributed by atoms with Crippen LogP contribution in [0.2, 0.25) is 0 Å². The van der Waals surface area contributed by atoms with Gasteiger partial charge in [-0.15, -0.1) is 5.10 Å². The van der Waals surface area contributed by atoms with Gasteiger partial charge in [0, 0.05) is 5.56 Å². The molecule has 134 valence electrons. The smallest absolute Gasteiger partial charge is 0.249 e. The van der Waals surface area contributed by atoms with Crippen molar-refractivity contribution in [3.05, 3.63) is 54.7 Å². The molecule has 1 aromatic heterocycles. The van der Waals surface area contributed by atoms with Crippen LogP contribution in [0, 0.1) is 0 Å². The highest BCUT2D eigenvalue weighted by atomic mass is 16.5. The van der Waals surface area contributed by atoms with Gasteiger partial charge in [0.1, 0.15) is 23.2 Å². The van der Waals surface area contributed by atoms with Crippen molar-refractivity contribution in [2.75, 3.05) is 19.5 Å². The molecule has 3 rings (SSSR count). The number of hydrogen-bond acceptors (Lipinski definition) is 5. The lowest BCUT2D eigenvalue weighted by Crippen LogP contribution is -2.24. The minimum atomic E-state index is -0.535. The summed E-state index contributed by atoms with van der Waals surface area (Å²) in [5.74, 6) is 1.12. The number of hydrogen-bond donors (Lipinski definition) is 1. The first-order valence-electron chi connectivity index (χ1n) is 8.12. The lowest BCUT2D eigenvalue weighted by Gasteiger charge is -2.14. The molecule has 0 spiro atoms. The van der Waals surface area contributed by atoms with Gasteiger partial charge in [0.2, 0.25) is 5.91 Å². The van der Waals surface area contributed by atoms with Gasteiger partial charge in [-0.25, -0.2) is 4.68 Å². The van der Waals surface area contributed by atoms with Gasteiger partial charge < -0.3 is 14.8 Å². The summed E-state index contributed by atoms with van der Waals surface area (Å²) in [4.78, 5) is 12.6. The number of carbonyl (C=O) groups excluding carboxylic acids is 1. The van der Waals surface area contributed by atoms with E-state index in [1.807, 2.05) is 36.4 Å². The predicted octanol–water partition coefficient (Wildman–Crippen LogP) is 3.16. The number of nitrogens with one attached hydrogen (secondary N) is 1. The Morgan fingerprint density at radius 2 is 1.92 bits per heavy atom.